The van der Waals surface area contributed by atoms with Crippen molar-refractivity contribution >= 4 is 11.8 Å². The van der Waals surface area contributed by atoms with Crippen molar-refractivity contribution in [3.63, 3.8) is 0 Å². The third kappa shape index (κ3) is 3.10. The zero-order valence-corrected chi connectivity index (χ0v) is 11.8. The van der Waals surface area contributed by atoms with E-state index >= 15 is 0 Å². The van der Waals surface area contributed by atoms with Crippen molar-refractivity contribution in [1.82, 2.24) is 10.6 Å². The fourth-order valence-corrected chi connectivity index (χ4v) is 2.84. The van der Waals surface area contributed by atoms with Crippen molar-refractivity contribution in [1.29, 1.82) is 0 Å². The maximum atomic E-state index is 12.0. The molecule has 3 aliphatic carbocycles. The zero-order valence-electron chi connectivity index (χ0n) is 11.8. The minimum absolute atomic E-state index is 0.151. The Labute approximate surface area is 114 Å². The lowest BCUT2D eigenvalue weighted by Gasteiger charge is -2.19. The molecule has 3 fully saturated rings. The summed E-state index contributed by atoms with van der Waals surface area (Å²) in [7, 11) is 0. The topological polar surface area (TPSA) is 58.2 Å². The van der Waals surface area contributed by atoms with Gasteiger partial charge in [-0.1, -0.05) is 13.8 Å². The lowest BCUT2D eigenvalue weighted by molar-refractivity contribution is -0.125. The molecule has 2 N–H and O–H groups in total. The predicted octanol–water partition coefficient (Wildman–Crippen LogP) is 1.31. The van der Waals surface area contributed by atoms with Crippen LogP contribution in [0.15, 0.2) is 0 Å². The summed E-state index contributed by atoms with van der Waals surface area (Å²) in [4.78, 5) is 23.8. The second-order valence-corrected chi connectivity index (χ2v) is 6.84. The maximum Gasteiger partial charge on any atom is 0.223 e. The van der Waals surface area contributed by atoms with Gasteiger partial charge in [0.25, 0.3) is 0 Å². The van der Waals surface area contributed by atoms with E-state index < -0.39 is 0 Å². The van der Waals surface area contributed by atoms with Crippen molar-refractivity contribution in [2.45, 2.75) is 45.6 Å². The van der Waals surface area contributed by atoms with Crippen LogP contribution in [0.1, 0.15) is 39.5 Å². The summed E-state index contributed by atoms with van der Waals surface area (Å²) in [6.45, 7) is 4.84. The molecule has 106 valence electrons. The Balaban J connectivity index is 1.45. The molecule has 5 atom stereocenters. The Hall–Kier alpha value is -1.06. The van der Waals surface area contributed by atoms with Crippen LogP contribution in [0.3, 0.4) is 0 Å². The second kappa shape index (κ2) is 4.80. The van der Waals surface area contributed by atoms with E-state index in [1.165, 1.54) is 12.8 Å². The molecule has 0 bridgehead atoms. The van der Waals surface area contributed by atoms with E-state index in [4.69, 9.17) is 0 Å². The van der Waals surface area contributed by atoms with Crippen molar-refractivity contribution in [3.05, 3.63) is 0 Å². The van der Waals surface area contributed by atoms with Crippen LogP contribution < -0.4 is 10.6 Å². The van der Waals surface area contributed by atoms with Crippen LogP contribution >= 0.6 is 0 Å². The van der Waals surface area contributed by atoms with E-state index in [1.54, 1.807) is 0 Å². The Morgan fingerprint density at radius 1 is 1.05 bits per heavy atom. The predicted molar refractivity (Wildman–Crippen MR) is 72.2 cm³/mol. The first-order chi connectivity index (χ1) is 9.06. The van der Waals surface area contributed by atoms with Gasteiger partial charge in [0, 0.05) is 24.4 Å². The summed E-state index contributed by atoms with van der Waals surface area (Å²) < 4.78 is 0. The van der Waals surface area contributed by atoms with Gasteiger partial charge in [-0.05, 0) is 43.4 Å². The van der Waals surface area contributed by atoms with Gasteiger partial charge < -0.3 is 10.6 Å². The van der Waals surface area contributed by atoms with E-state index in [2.05, 4.69) is 24.5 Å². The molecule has 4 heteroatoms. The highest BCUT2D eigenvalue weighted by atomic mass is 16.2. The molecule has 4 nitrogen and oxygen atoms in total. The highest BCUT2D eigenvalue weighted by Crippen LogP contribution is 2.39. The summed E-state index contributed by atoms with van der Waals surface area (Å²) in [6, 6.07) is 0.151. The molecular formula is C15H24N2O2. The fraction of sp³-hybridized carbons (Fsp3) is 0.867. The van der Waals surface area contributed by atoms with Gasteiger partial charge in [-0.25, -0.2) is 0 Å². The summed E-state index contributed by atoms with van der Waals surface area (Å²) in [5, 5.41) is 6.16. The number of nitrogens with one attached hydrogen (secondary N) is 2. The van der Waals surface area contributed by atoms with Crippen molar-refractivity contribution in [2.24, 2.45) is 29.6 Å². The molecule has 3 saturated carbocycles. The molecule has 0 aromatic heterocycles. The lowest BCUT2D eigenvalue weighted by Crippen LogP contribution is -2.46. The highest BCUT2D eigenvalue weighted by molar-refractivity contribution is 5.83. The van der Waals surface area contributed by atoms with Gasteiger partial charge in [-0.15, -0.1) is 0 Å². The first kappa shape index (κ1) is 12.9. The van der Waals surface area contributed by atoms with E-state index in [9.17, 15) is 9.59 Å². The number of hydrogen-bond donors (Lipinski definition) is 2. The lowest BCUT2D eigenvalue weighted by atomic mass is 10.1. The van der Waals surface area contributed by atoms with Crippen LogP contribution in [0.25, 0.3) is 0 Å². The summed E-state index contributed by atoms with van der Waals surface area (Å²) in [5.41, 5.74) is 0. The molecule has 0 aromatic rings. The molecule has 0 aromatic carbocycles. The standard InChI is InChI=1S/C15H24N2O2/c1-8-5-11(8)14(18)16-7-13(10-3-4-10)17-15(19)12-6-9(12)2/h8-13H,3-7H2,1-2H3,(H,16,18)(H,17,19). The van der Waals surface area contributed by atoms with Crippen molar-refractivity contribution < 1.29 is 9.59 Å². The Bertz CT molecular complexity index is 392. The summed E-state index contributed by atoms with van der Waals surface area (Å²) in [6.07, 6.45) is 4.41. The van der Waals surface area contributed by atoms with Crippen molar-refractivity contribution in [2.75, 3.05) is 6.54 Å². The summed E-state index contributed by atoms with van der Waals surface area (Å²) in [5.74, 6) is 2.48. The molecule has 0 aliphatic heterocycles. The van der Waals surface area contributed by atoms with E-state index in [0.29, 0.717) is 24.3 Å². The minimum atomic E-state index is 0.151. The van der Waals surface area contributed by atoms with Crippen LogP contribution in [0.4, 0.5) is 0 Å². The average Bonchev–Trinajstić information content (AvgIpc) is 3.17. The maximum absolute atomic E-state index is 12.0. The highest BCUT2D eigenvalue weighted by Gasteiger charge is 2.43. The molecule has 0 saturated heterocycles. The van der Waals surface area contributed by atoms with Crippen LogP contribution in [0.5, 0.6) is 0 Å². The molecule has 2 amide bonds. The number of amides is 2. The zero-order chi connectivity index (χ0) is 13.6. The van der Waals surface area contributed by atoms with Crippen LogP contribution in [0.2, 0.25) is 0 Å². The van der Waals surface area contributed by atoms with Crippen LogP contribution in [0, 0.1) is 29.6 Å². The molecule has 5 unspecified atom stereocenters. The monoisotopic (exact) mass is 264 g/mol. The first-order valence-electron chi connectivity index (χ1n) is 7.64. The number of carbonyl (C=O) groups is 2. The normalized spacial score (nSPS) is 37.4. The SMILES string of the molecule is CC1CC1C(=O)NCC(NC(=O)C1CC1C)C1CC1. The van der Waals surface area contributed by atoms with E-state index in [-0.39, 0.29) is 29.7 Å². The Kier molecular flexibility index (Phi) is 3.27. The number of rotatable bonds is 6. The Morgan fingerprint density at radius 2 is 1.58 bits per heavy atom. The van der Waals surface area contributed by atoms with Gasteiger partial charge in [-0.3, -0.25) is 9.59 Å². The molecule has 0 spiro atoms. The van der Waals surface area contributed by atoms with Gasteiger partial charge in [0.05, 0.1) is 0 Å². The second-order valence-electron chi connectivity index (χ2n) is 6.84. The fourth-order valence-electron chi connectivity index (χ4n) is 2.84. The third-order valence-corrected chi connectivity index (χ3v) is 4.91. The van der Waals surface area contributed by atoms with Crippen LogP contribution in [-0.4, -0.2) is 24.4 Å². The molecular weight excluding hydrogens is 240 g/mol. The molecule has 3 aliphatic rings. The van der Waals surface area contributed by atoms with Crippen molar-refractivity contribution in [3.8, 4) is 0 Å². The average molecular weight is 264 g/mol. The van der Waals surface area contributed by atoms with Crippen LogP contribution in [-0.2, 0) is 9.59 Å². The van der Waals surface area contributed by atoms with Gasteiger partial charge >= 0.3 is 0 Å². The molecule has 3 rings (SSSR count). The van der Waals surface area contributed by atoms with Gasteiger partial charge in [0.1, 0.15) is 0 Å². The third-order valence-electron chi connectivity index (χ3n) is 4.91. The minimum Gasteiger partial charge on any atom is -0.354 e. The largest absolute Gasteiger partial charge is 0.354 e. The number of carbonyl (C=O) groups excluding carboxylic acids is 2. The van der Waals surface area contributed by atoms with E-state index in [1.807, 2.05) is 0 Å². The van der Waals surface area contributed by atoms with Gasteiger partial charge in [-0.2, -0.15) is 0 Å². The smallest absolute Gasteiger partial charge is 0.223 e. The molecule has 0 radical (unpaired) electrons. The molecule has 0 heterocycles. The summed E-state index contributed by atoms with van der Waals surface area (Å²) >= 11 is 0. The van der Waals surface area contributed by atoms with Gasteiger partial charge in [0.15, 0.2) is 0 Å². The quantitative estimate of drug-likeness (QED) is 0.760. The molecule has 19 heavy (non-hydrogen) atoms. The number of hydrogen-bond acceptors (Lipinski definition) is 2. The first-order valence-corrected chi connectivity index (χ1v) is 7.64. The Morgan fingerprint density at radius 3 is 2.05 bits per heavy atom. The van der Waals surface area contributed by atoms with E-state index in [0.717, 1.165) is 12.8 Å². The van der Waals surface area contributed by atoms with Gasteiger partial charge in [0.2, 0.25) is 11.8 Å².